The third-order valence-corrected chi connectivity index (χ3v) is 8.93. The molecule has 0 saturated carbocycles. The van der Waals surface area contributed by atoms with Gasteiger partial charge in [0.25, 0.3) is 10.0 Å². The van der Waals surface area contributed by atoms with Crippen LogP contribution in [0.4, 0.5) is 5.69 Å². The van der Waals surface area contributed by atoms with E-state index in [4.69, 9.17) is 11.6 Å². The Morgan fingerprint density at radius 3 is 2.46 bits per heavy atom. The third kappa shape index (κ3) is 5.60. The van der Waals surface area contributed by atoms with Crippen LogP contribution in [0.25, 0.3) is 10.8 Å². The Morgan fingerprint density at radius 1 is 1.05 bits per heavy atom. The number of hydrogen-bond acceptors (Lipinski definition) is 4. The first-order chi connectivity index (χ1) is 17.6. The van der Waals surface area contributed by atoms with Crippen molar-refractivity contribution in [2.24, 2.45) is 0 Å². The average Bonchev–Trinajstić information content (AvgIpc) is 3.09. The molecule has 0 fully saturated rings. The summed E-state index contributed by atoms with van der Waals surface area (Å²) in [5, 5.41) is 5.08. The number of carbonyl (C=O) groups is 2. The van der Waals surface area contributed by atoms with Crippen molar-refractivity contribution in [2.45, 2.75) is 63.6 Å². The fourth-order valence-electron chi connectivity index (χ4n) is 4.60. The van der Waals surface area contributed by atoms with Crippen LogP contribution in [0.2, 0.25) is 5.02 Å². The highest BCUT2D eigenvalue weighted by Gasteiger charge is 2.35. The molecule has 9 heteroatoms. The van der Waals surface area contributed by atoms with E-state index in [2.05, 4.69) is 5.32 Å². The predicted molar refractivity (Wildman–Crippen MR) is 147 cm³/mol. The van der Waals surface area contributed by atoms with Crippen molar-refractivity contribution in [1.82, 2.24) is 10.2 Å². The Morgan fingerprint density at radius 2 is 1.76 bits per heavy atom. The Balaban J connectivity index is 1.50. The van der Waals surface area contributed by atoms with Crippen LogP contribution in [0.15, 0.2) is 65.6 Å². The fraction of sp³-hybridized carbons (Fsp3) is 0.357. The number of anilines is 1. The highest BCUT2D eigenvalue weighted by atomic mass is 35.5. The Labute approximate surface area is 223 Å². The van der Waals surface area contributed by atoms with Gasteiger partial charge in [0.1, 0.15) is 6.04 Å². The third-order valence-electron chi connectivity index (χ3n) is 6.84. The lowest BCUT2D eigenvalue weighted by molar-refractivity contribution is -0.140. The molecule has 0 bridgehead atoms. The summed E-state index contributed by atoms with van der Waals surface area (Å²) in [7, 11) is -3.69. The molecule has 0 aliphatic carbocycles. The maximum Gasteiger partial charge on any atom is 0.265 e. The minimum absolute atomic E-state index is 0.0113. The molecule has 0 saturated heterocycles. The Kier molecular flexibility index (Phi) is 8.09. The maximum absolute atomic E-state index is 13.4. The highest BCUT2D eigenvalue weighted by molar-refractivity contribution is 7.93. The summed E-state index contributed by atoms with van der Waals surface area (Å²) < 4.78 is 27.9. The molecule has 3 aromatic carbocycles. The van der Waals surface area contributed by atoms with Gasteiger partial charge in [-0.05, 0) is 61.9 Å². The quantitative estimate of drug-likeness (QED) is 0.386. The molecular formula is C28H32ClN3O4S. The molecule has 3 aromatic rings. The van der Waals surface area contributed by atoms with Gasteiger partial charge in [0, 0.05) is 36.0 Å². The normalized spacial score (nSPS) is 15.4. The second-order valence-electron chi connectivity index (χ2n) is 9.46. The summed E-state index contributed by atoms with van der Waals surface area (Å²) >= 11 is 6.15. The van der Waals surface area contributed by atoms with Crippen molar-refractivity contribution in [1.29, 1.82) is 0 Å². The van der Waals surface area contributed by atoms with Gasteiger partial charge in [-0.25, -0.2) is 8.42 Å². The average molecular weight is 542 g/mol. The number of amides is 2. The van der Waals surface area contributed by atoms with Gasteiger partial charge >= 0.3 is 0 Å². The first-order valence-electron chi connectivity index (χ1n) is 12.5. The summed E-state index contributed by atoms with van der Waals surface area (Å²) in [6.07, 6.45) is 1.19. The molecule has 4 rings (SSSR count). The van der Waals surface area contributed by atoms with E-state index >= 15 is 0 Å². The number of halogens is 1. The molecule has 7 nitrogen and oxygen atoms in total. The maximum atomic E-state index is 13.4. The Hall–Kier alpha value is -3.10. The SMILES string of the molecule is CC[C@@H](C)NC(=O)[C@H](C)N(Cc1cccc(Cl)c1)C(=O)CCCN1c2cccc3cccc(c23)S1(=O)=O. The van der Waals surface area contributed by atoms with E-state index < -0.39 is 16.1 Å². The zero-order valence-corrected chi connectivity index (χ0v) is 22.8. The van der Waals surface area contributed by atoms with Crippen LogP contribution in [0, 0.1) is 0 Å². The van der Waals surface area contributed by atoms with Crippen molar-refractivity contribution in [3.05, 3.63) is 71.2 Å². The van der Waals surface area contributed by atoms with E-state index in [0.717, 1.165) is 17.4 Å². The largest absolute Gasteiger partial charge is 0.352 e. The van der Waals surface area contributed by atoms with Crippen LogP contribution in [0.5, 0.6) is 0 Å². The molecule has 0 radical (unpaired) electrons. The van der Waals surface area contributed by atoms with Gasteiger partial charge in [0.05, 0.1) is 10.6 Å². The first-order valence-corrected chi connectivity index (χ1v) is 14.3. The number of nitrogens with one attached hydrogen (secondary N) is 1. The summed E-state index contributed by atoms with van der Waals surface area (Å²) in [5.41, 5.74) is 1.45. The van der Waals surface area contributed by atoms with Crippen LogP contribution in [-0.4, -0.2) is 43.8 Å². The molecule has 1 aliphatic rings. The van der Waals surface area contributed by atoms with E-state index in [1.54, 1.807) is 43.3 Å². The molecule has 196 valence electrons. The molecular weight excluding hydrogens is 510 g/mol. The fourth-order valence-corrected chi connectivity index (χ4v) is 6.56. The van der Waals surface area contributed by atoms with Crippen LogP contribution >= 0.6 is 11.6 Å². The van der Waals surface area contributed by atoms with Crippen LogP contribution < -0.4 is 9.62 Å². The topological polar surface area (TPSA) is 86.8 Å². The van der Waals surface area contributed by atoms with Gasteiger partial charge in [0.2, 0.25) is 11.8 Å². The van der Waals surface area contributed by atoms with Gasteiger partial charge in [-0.1, -0.05) is 54.9 Å². The summed E-state index contributed by atoms with van der Waals surface area (Å²) in [5.74, 6) is -0.451. The molecule has 0 spiro atoms. The smallest absolute Gasteiger partial charge is 0.265 e. The van der Waals surface area contributed by atoms with E-state index in [0.29, 0.717) is 27.4 Å². The summed E-state index contributed by atoms with van der Waals surface area (Å²) in [6, 6.07) is 17.3. The number of benzene rings is 3. The predicted octanol–water partition coefficient (Wildman–Crippen LogP) is 5.11. The lowest BCUT2D eigenvalue weighted by Crippen LogP contribution is -2.49. The van der Waals surface area contributed by atoms with Gasteiger partial charge in [-0.15, -0.1) is 0 Å². The number of rotatable bonds is 10. The van der Waals surface area contributed by atoms with E-state index in [-0.39, 0.29) is 37.4 Å². The Bertz CT molecular complexity index is 1420. The number of nitrogens with zero attached hydrogens (tertiary/aromatic N) is 2. The molecule has 0 unspecified atom stereocenters. The molecule has 2 amide bonds. The van der Waals surface area contributed by atoms with E-state index in [9.17, 15) is 18.0 Å². The molecule has 1 aliphatic heterocycles. The van der Waals surface area contributed by atoms with Crippen molar-refractivity contribution in [3.8, 4) is 0 Å². The standard InChI is InChI=1S/C28H32ClN3O4S/c1-4-19(2)30-28(34)20(3)31(18-21-9-5-12-23(29)17-21)26(33)15-8-16-32-24-13-6-10-22-11-7-14-25(27(22)24)37(32,35)36/h5-7,9-14,17,19-20H,4,8,15-16,18H2,1-3H3,(H,30,34)/t19-,20+/m1/s1. The second-order valence-corrected chi connectivity index (χ2v) is 11.7. The van der Waals surface area contributed by atoms with Crippen molar-refractivity contribution in [2.75, 3.05) is 10.8 Å². The minimum Gasteiger partial charge on any atom is -0.352 e. The molecule has 0 aromatic heterocycles. The number of hydrogen-bond donors (Lipinski definition) is 1. The second kappa shape index (κ2) is 11.1. The molecule has 1 N–H and O–H groups in total. The zero-order valence-electron chi connectivity index (χ0n) is 21.3. The zero-order chi connectivity index (χ0) is 26.7. The number of carbonyl (C=O) groups excluding carboxylic acids is 2. The van der Waals surface area contributed by atoms with Gasteiger partial charge < -0.3 is 10.2 Å². The van der Waals surface area contributed by atoms with E-state index in [1.807, 2.05) is 38.1 Å². The molecule has 1 heterocycles. The monoisotopic (exact) mass is 541 g/mol. The highest BCUT2D eigenvalue weighted by Crippen LogP contribution is 2.42. The van der Waals surface area contributed by atoms with Gasteiger partial charge in [0.15, 0.2) is 0 Å². The van der Waals surface area contributed by atoms with Crippen molar-refractivity contribution >= 4 is 49.9 Å². The lowest BCUT2D eigenvalue weighted by atomic mass is 10.1. The minimum atomic E-state index is -3.69. The van der Waals surface area contributed by atoms with Crippen LogP contribution in [0.1, 0.15) is 45.6 Å². The van der Waals surface area contributed by atoms with Crippen molar-refractivity contribution in [3.63, 3.8) is 0 Å². The van der Waals surface area contributed by atoms with Crippen LogP contribution in [-0.2, 0) is 26.2 Å². The summed E-state index contributed by atoms with van der Waals surface area (Å²) in [4.78, 5) is 28.2. The van der Waals surface area contributed by atoms with Gasteiger partial charge in [-0.3, -0.25) is 13.9 Å². The molecule has 37 heavy (non-hydrogen) atoms. The number of sulfonamides is 1. The first kappa shape index (κ1) is 26.9. The van der Waals surface area contributed by atoms with Crippen molar-refractivity contribution < 1.29 is 18.0 Å². The van der Waals surface area contributed by atoms with E-state index in [1.165, 1.54) is 9.21 Å². The van der Waals surface area contributed by atoms with Crippen LogP contribution in [0.3, 0.4) is 0 Å². The van der Waals surface area contributed by atoms with Gasteiger partial charge in [-0.2, -0.15) is 0 Å². The summed E-state index contributed by atoms with van der Waals surface area (Å²) in [6.45, 7) is 6.00. The molecule has 2 atom stereocenters. The lowest BCUT2D eigenvalue weighted by Gasteiger charge is -2.30.